The van der Waals surface area contributed by atoms with Crippen molar-refractivity contribution in [3.8, 4) is 5.75 Å². The van der Waals surface area contributed by atoms with Crippen molar-refractivity contribution in [3.05, 3.63) is 41.1 Å². The van der Waals surface area contributed by atoms with Crippen LogP contribution < -0.4 is 20.9 Å². The molecule has 4 rings (SSSR count). The fourth-order valence-electron chi connectivity index (χ4n) is 3.99. The molecule has 1 aromatic heterocycles. The number of fused-ring (bicyclic) bond motifs is 1. The number of amides is 1. The third-order valence-electron chi connectivity index (χ3n) is 5.96. The van der Waals surface area contributed by atoms with E-state index in [1.807, 2.05) is 18.0 Å². The van der Waals surface area contributed by atoms with Crippen molar-refractivity contribution in [3.63, 3.8) is 0 Å². The minimum Gasteiger partial charge on any atom is -0.508 e. The molecule has 1 fully saturated rings. The molecule has 5 N–H and O–H groups in total. The van der Waals surface area contributed by atoms with Gasteiger partial charge in [0.15, 0.2) is 0 Å². The Labute approximate surface area is 193 Å². The molecule has 1 saturated heterocycles. The molecule has 2 aliphatic rings. The van der Waals surface area contributed by atoms with Gasteiger partial charge in [0.1, 0.15) is 17.3 Å². The first kappa shape index (κ1) is 23.2. The maximum absolute atomic E-state index is 12.9. The molecule has 2 atom stereocenters. The third kappa shape index (κ3) is 5.70. The quantitative estimate of drug-likeness (QED) is 0.369. The Morgan fingerprint density at radius 3 is 2.85 bits per heavy atom. The number of aliphatic hydroxyl groups is 1. The number of aromatic nitrogens is 2. The van der Waals surface area contributed by atoms with Crippen LogP contribution in [-0.4, -0.2) is 77.6 Å². The Morgan fingerprint density at radius 1 is 1.30 bits per heavy atom. The molecule has 3 heterocycles. The van der Waals surface area contributed by atoms with Crippen LogP contribution in [0.4, 0.5) is 11.8 Å². The van der Waals surface area contributed by atoms with Crippen LogP contribution in [0, 0.1) is 0 Å². The number of carbonyl (C=O) groups excluding carboxylic acids is 1. The zero-order valence-electron chi connectivity index (χ0n) is 19.0. The van der Waals surface area contributed by atoms with Crippen LogP contribution in [0.25, 0.3) is 0 Å². The second-order valence-electron chi connectivity index (χ2n) is 8.66. The molecule has 1 amide bonds. The third-order valence-corrected chi connectivity index (χ3v) is 5.96. The smallest absolute Gasteiger partial charge is 0.270 e. The number of ether oxygens (including phenoxy) is 1. The van der Waals surface area contributed by atoms with Crippen molar-refractivity contribution in [1.82, 2.24) is 20.6 Å². The van der Waals surface area contributed by atoms with Gasteiger partial charge < -0.3 is 35.8 Å². The summed E-state index contributed by atoms with van der Waals surface area (Å²) in [4.78, 5) is 23.8. The van der Waals surface area contributed by atoms with Gasteiger partial charge in [-0.25, -0.2) is 4.98 Å². The number of nitrogens with one attached hydrogen (secondary N) is 3. The molecule has 0 bridgehead atoms. The molecule has 33 heavy (non-hydrogen) atoms. The average molecular weight is 457 g/mol. The minimum atomic E-state index is -0.773. The highest BCUT2D eigenvalue weighted by Crippen LogP contribution is 2.22. The van der Waals surface area contributed by atoms with E-state index in [1.165, 1.54) is 0 Å². The summed E-state index contributed by atoms with van der Waals surface area (Å²) in [7, 11) is 1.90. The molecule has 2 aromatic rings. The van der Waals surface area contributed by atoms with Crippen molar-refractivity contribution in [2.24, 2.45) is 0 Å². The van der Waals surface area contributed by atoms with E-state index < -0.39 is 6.10 Å². The van der Waals surface area contributed by atoms with Crippen LogP contribution in [0.3, 0.4) is 0 Å². The van der Waals surface area contributed by atoms with E-state index in [0.29, 0.717) is 37.9 Å². The Kier molecular flexibility index (Phi) is 7.26. The normalized spacial score (nSPS) is 18.7. The molecule has 2 aliphatic heterocycles. The van der Waals surface area contributed by atoms with E-state index in [2.05, 4.69) is 32.8 Å². The first-order chi connectivity index (χ1) is 15.9. The van der Waals surface area contributed by atoms with Gasteiger partial charge in [-0.15, -0.1) is 0 Å². The maximum Gasteiger partial charge on any atom is 0.270 e. The second-order valence-corrected chi connectivity index (χ2v) is 8.66. The minimum absolute atomic E-state index is 0.0906. The van der Waals surface area contributed by atoms with Crippen LogP contribution in [0.2, 0.25) is 0 Å². The van der Waals surface area contributed by atoms with E-state index in [1.54, 1.807) is 18.2 Å². The highest BCUT2D eigenvalue weighted by atomic mass is 16.5. The van der Waals surface area contributed by atoms with Gasteiger partial charge in [-0.2, -0.15) is 4.98 Å². The number of carbonyl (C=O) groups is 1. The van der Waals surface area contributed by atoms with Gasteiger partial charge >= 0.3 is 0 Å². The lowest BCUT2D eigenvalue weighted by Crippen LogP contribution is -2.49. The number of rotatable bonds is 9. The molecule has 10 heteroatoms. The highest BCUT2D eigenvalue weighted by molar-refractivity contribution is 5.93. The van der Waals surface area contributed by atoms with Gasteiger partial charge in [0, 0.05) is 38.8 Å². The Balaban J connectivity index is 1.40. The van der Waals surface area contributed by atoms with E-state index >= 15 is 0 Å². The van der Waals surface area contributed by atoms with Crippen molar-refractivity contribution in [2.75, 3.05) is 43.6 Å². The van der Waals surface area contributed by atoms with Crippen LogP contribution in [0.15, 0.2) is 24.3 Å². The van der Waals surface area contributed by atoms with Crippen molar-refractivity contribution >= 4 is 17.7 Å². The van der Waals surface area contributed by atoms with Gasteiger partial charge in [-0.3, -0.25) is 4.79 Å². The van der Waals surface area contributed by atoms with E-state index in [4.69, 9.17) is 4.74 Å². The summed E-state index contributed by atoms with van der Waals surface area (Å²) in [5, 5.41) is 29.7. The van der Waals surface area contributed by atoms with E-state index in [0.717, 1.165) is 24.1 Å². The number of phenols is 1. The fourth-order valence-corrected chi connectivity index (χ4v) is 3.99. The largest absolute Gasteiger partial charge is 0.508 e. The lowest BCUT2D eigenvalue weighted by atomic mass is 9.92. The predicted octanol–water partition coefficient (Wildman–Crippen LogP) is 0.644. The summed E-state index contributed by atoms with van der Waals surface area (Å²) < 4.78 is 5.21. The summed E-state index contributed by atoms with van der Waals surface area (Å²) in [6.45, 7) is 4.69. The molecule has 178 valence electrons. The second kappa shape index (κ2) is 10.3. The fraction of sp³-hybridized carbons (Fsp3) is 0.522. The summed E-state index contributed by atoms with van der Waals surface area (Å²) in [6.07, 6.45) is 0.771. The molecule has 0 radical (unpaired) electrons. The van der Waals surface area contributed by atoms with Crippen LogP contribution in [0.1, 0.15) is 35.0 Å². The van der Waals surface area contributed by atoms with E-state index in [9.17, 15) is 15.0 Å². The molecule has 1 aromatic carbocycles. The molecule has 10 nitrogen and oxygen atoms in total. The summed E-state index contributed by atoms with van der Waals surface area (Å²) >= 11 is 0. The standard InChI is InChI=1S/C23H32N6O4/c1-3-6-29(2)23-27-19(9-21(28-23)26-16-12-33-13-16)22(32)25-11-20(31)18-8-14-4-5-17(30)7-15(14)10-24-18/h4-5,7,9,16,18,20,24,30-31H,3,6,8,10-13H2,1-2H3,(H,25,32)(H,26,27,28)/t18-,20+/m0/s1. The number of aromatic hydroxyl groups is 1. The zero-order chi connectivity index (χ0) is 23.4. The summed E-state index contributed by atoms with van der Waals surface area (Å²) in [5.41, 5.74) is 2.34. The SMILES string of the molecule is CCCN(C)c1nc(NC2COC2)cc(C(=O)NC[C@@H](O)[C@@H]2Cc3ccc(O)cc3CN2)n1. The summed E-state index contributed by atoms with van der Waals surface area (Å²) in [5.74, 6) is 0.920. The first-order valence-electron chi connectivity index (χ1n) is 11.4. The number of nitrogens with zero attached hydrogens (tertiary/aromatic N) is 3. The number of phenolic OH excluding ortho intramolecular Hbond substituents is 1. The van der Waals surface area contributed by atoms with Gasteiger partial charge in [0.25, 0.3) is 5.91 Å². The molecule has 0 spiro atoms. The Bertz CT molecular complexity index is 983. The van der Waals surface area contributed by atoms with Gasteiger partial charge in [-0.1, -0.05) is 13.0 Å². The lowest BCUT2D eigenvalue weighted by Gasteiger charge is -2.30. The molecule has 0 saturated carbocycles. The lowest BCUT2D eigenvalue weighted by molar-refractivity contribution is 0.0209. The average Bonchev–Trinajstić information content (AvgIpc) is 2.79. The number of anilines is 2. The molecule has 0 unspecified atom stereocenters. The number of hydrogen-bond acceptors (Lipinski definition) is 9. The molecule has 0 aliphatic carbocycles. The number of aliphatic hydroxyl groups excluding tert-OH is 1. The number of benzene rings is 1. The molecular weight excluding hydrogens is 424 g/mol. The van der Waals surface area contributed by atoms with Crippen LogP contribution in [0.5, 0.6) is 5.75 Å². The van der Waals surface area contributed by atoms with Gasteiger partial charge in [-0.05, 0) is 36.1 Å². The number of hydrogen-bond donors (Lipinski definition) is 5. The van der Waals surface area contributed by atoms with Crippen molar-refractivity contribution in [2.45, 2.75) is 44.5 Å². The van der Waals surface area contributed by atoms with Crippen molar-refractivity contribution in [1.29, 1.82) is 0 Å². The zero-order valence-corrected chi connectivity index (χ0v) is 19.0. The maximum atomic E-state index is 12.9. The van der Waals surface area contributed by atoms with E-state index in [-0.39, 0.29) is 36.0 Å². The van der Waals surface area contributed by atoms with Crippen molar-refractivity contribution < 1.29 is 19.7 Å². The Morgan fingerprint density at radius 2 is 2.12 bits per heavy atom. The highest BCUT2D eigenvalue weighted by Gasteiger charge is 2.26. The predicted molar refractivity (Wildman–Crippen MR) is 125 cm³/mol. The van der Waals surface area contributed by atoms with Gasteiger partial charge in [0.05, 0.1) is 25.4 Å². The van der Waals surface area contributed by atoms with Gasteiger partial charge in [0.2, 0.25) is 5.95 Å². The molecular formula is C23H32N6O4. The monoisotopic (exact) mass is 456 g/mol. The van der Waals surface area contributed by atoms with Crippen LogP contribution >= 0.6 is 0 Å². The Hall–Kier alpha value is -2.95. The summed E-state index contributed by atoms with van der Waals surface area (Å²) in [6, 6.07) is 6.86. The topological polar surface area (TPSA) is 132 Å². The van der Waals surface area contributed by atoms with Crippen LogP contribution in [-0.2, 0) is 17.7 Å². The first-order valence-corrected chi connectivity index (χ1v) is 11.4.